The fourth-order valence-electron chi connectivity index (χ4n) is 3.17. The second-order valence-electron chi connectivity index (χ2n) is 7.09. The third-order valence-electron chi connectivity index (χ3n) is 5.06. The molecule has 162 valence electrons. The summed E-state index contributed by atoms with van der Waals surface area (Å²) in [5.41, 5.74) is 0.425. The smallest absolute Gasteiger partial charge is 0.256 e. The molecule has 2 aromatic rings. The van der Waals surface area contributed by atoms with Gasteiger partial charge in [-0.05, 0) is 43.4 Å². The Morgan fingerprint density at radius 3 is 2.13 bits per heavy atom. The Kier molecular flexibility index (Phi) is 6.61. The molecule has 0 radical (unpaired) electrons. The average molecular weight is 452 g/mol. The molecule has 3 rings (SSSR count). The zero-order valence-electron chi connectivity index (χ0n) is 16.9. The summed E-state index contributed by atoms with van der Waals surface area (Å²) in [6.07, 6.45) is 0. The van der Waals surface area contributed by atoms with E-state index in [-0.39, 0.29) is 21.1 Å². The largest absolute Gasteiger partial charge is 0.322 e. The highest BCUT2D eigenvalue weighted by Crippen LogP contribution is 2.22. The Bertz CT molecular complexity index is 1120. The SMILES string of the molecule is CCS(=O)(=O)c1ccccc1C(=O)Nc1ccc(S(=O)(=O)N2CCN(C)CC2)cc1. The van der Waals surface area contributed by atoms with Crippen LogP contribution in [0.3, 0.4) is 0 Å². The predicted molar refractivity (Wildman–Crippen MR) is 115 cm³/mol. The van der Waals surface area contributed by atoms with Gasteiger partial charge in [-0.2, -0.15) is 4.31 Å². The first kappa shape index (κ1) is 22.4. The second-order valence-corrected chi connectivity index (χ2v) is 11.3. The fraction of sp³-hybridized carbons (Fsp3) is 0.350. The number of nitrogens with zero attached hydrogens (tertiary/aromatic N) is 2. The number of nitrogens with one attached hydrogen (secondary N) is 1. The Balaban J connectivity index is 1.78. The Morgan fingerprint density at radius 2 is 1.53 bits per heavy atom. The van der Waals surface area contributed by atoms with Gasteiger partial charge in [-0.1, -0.05) is 19.1 Å². The summed E-state index contributed by atoms with van der Waals surface area (Å²) < 4.78 is 51.5. The lowest BCUT2D eigenvalue weighted by Gasteiger charge is -2.31. The van der Waals surface area contributed by atoms with Gasteiger partial charge in [0.25, 0.3) is 5.91 Å². The molecular weight excluding hydrogens is 426 g/mol. The number of sulfone groups is 1. The molecule has 30 heavy (non-hydrogen) atoms. The first-order valence-corrected chi connectivity index (χ1v) is 12.7. The number of amides is 1. The minimum absolute atomic E-state index is 0.0285. The van der Waals surface area contributed by atoms with Crippen LogP contribution in [0.5, 0.6) is 0 Å². The molecule has 0 atom stereocenters. The molecule has 10 heteroatoms. The topological polar surface area (TPSA) is 104 Å². The van der Waals surface area contributed by atoms with Crippen molar-refractivity contribution in [1.82, 2.24) is 9.21 Å². The van der Waals surface area contributed by atoms with E-state index >= 15 is 0 Å². The second kappa shape index (κ2) is 8.84. The van der Waals surface area contributed by atoms with Crippen molar-refractivity contribution in [2.45, 2.75) is 16.7 Å². The minimum Gasteiger partial charge on any atom is -0.322 e. The summed E-state index contributed by atoms with van der Waals surface area (Å²) in [6.45, 7) is 3.73. The molecule has 1 amide bonds. The van der Waals surface area contributed by atoms with E-state index in [2.05, 4.69) is 10.2 Å². The molecule has 1 aliphatic heterocycles. The average Bonchev–Trinajstić information content (AvgIpc) is 2.74. The maximum absolute atomic E-state index is 12.8. The lowest BCUT2D eigenvalue weighted by Crippen LogP contribution is -2.46. The summed E-state index contributed by atoms with van der Waals surface area (Å²) in [5.74, 6) is -0.687. The van der Waals surface area contributed by atoms with Gasteiger partial charge < -0.3 is 10.2 Å². The summed E-state index contributed by atoms with van der Waals surface area (Å²) in [5, 5.41) is 2.64. The maximum atomic E-state index is 12.8. The number of anilines is 1. The van der Waals surface area contributed by atoms with Gasteiger partial charge in [0.1, 0.15) is 0 Å². The molecule has 0 spiro atoms. The van der Waals surface area contributed by atoms with Crippen LogP contribution < -0.4 is 5.32 Å². The highest BCUT2D eigenvalue weighted by Gasteiger charge is 2.27. The summed E-state index contributed by atoms with van der Waals surface area (Å²) >= 11 is 0. The summed E-state index contributed by atoms with van der Waals surface area (Å²) in [4.78, 5) is 14.8. The molecule has 1 heterocycles. The number of piperazine rings is 1. The van der Waals surface area contributed by atoms with Crippen LogP contribution in [0.4, 0.5) is 5.69 Å². The first-order valence-electron chi connectivity index (χ1n) is 9.57. The zero-order valence-corrected chi connectivity index (χ0v) is 18.5. The van der Waals surface area contributed by atoms with E-state index in [1.54, 1.807) is 12.1 Å². The number of hydrogen-bond acceptors (Lipinski definition) is 6. The van der Waals surface area contributed by atoms with Gasteiger partial charge >= 0.3 is 0 Å². The normalized spacial score (nSPS) is 16.3. The van der Waals surface area contributed by atoms with Crippen LogP contribution in [0, 0.1) is 0 Å². The summed E-state index contributed by atoms with van der Waals surface area (Å²) in [7, 11) is -5.21. The molecular formula is C20H25N3O5S2. The fourth-order valence-corrected chi connectivity index (χ4v) is 5.68. The van der Waals surface area contributed by atoms with Crippen molar-refractivity contribution in [1.29, 1.82) is 0 Å². The molecule has 2 aromatic carbocycles. The minimum atomic E-state index is -3.60. The summed E-state index contributed by atoms with van der Waals surface area (Å²) in [6, 6.07) is 11.9. The lowest BCUT2D eigenvalue weighted by molar-refractivity contribution is 0.102. The van der Waals surface area contributed by atoms with E-state index in [1.807, 2.05) is 7.05 Å². The quantitative estimate of drug-likeness (QED) is 0.717. The van der Waals surface area contributed by atoms with Gasteiger partial charge in [0, 0.05) is 31.9 Å². The van der Waals surface area contributed by atoms with Gasteiger partial charge in [0.15, 0.2) is 9.84 Å². The van der Waals surface area contributed by atoms with Crippen molar-refractivity contribution in [2.75, 3.05) is 44.3 Å². The maximum Gasteiger partial charge on any atom is 0.256 e. The van der Waals surface area contributed by atoms with Crippen LogP contribution in [-0.2, 0) is 19.9 Å². The third-order valence-corrected chi connectivity index (χ3v) is 8.76. The number of likely N-dealkylation sites (N-methyl/N-ethyl adjacent to an activating group) is 1. The van der Waals surface area contributed by atoms with Gasteiger partial charge in [0.05, 0.1) is 21.1 Å². The van der Waals surface area contributed by atoms with E-state index in [0.717, 1.165) is 0 Å². The number of hydrogen-bond donors (Lipinski definition) is 1. The standard InChI is InChI=1S/C20H25N3O5S2/c1-3-29(25,26)19-7-5-4-6-18(19)20(24)21-16-8-10-17(11-9-16)30(27,28)23-14-12-22(2)13-15-23/h4-11H,3,12-15H2,1-2H3,(H,21,24). The first-order chi connectivity index (χ1) is 14.1. The van der Waals surface area contributed by atoms with Gasteiger partial charge in [-0.3, -0.25) is 4.79 Å². The van der Waals surface area contributed by atoms with Crippen LogP contribution >= 0.6 is 0 Å². The third kappa shape index (κ3) is 4.72. The van der Waals surface area contributed by atoms with E-state index in [1.165, 1.54) is 47.6 Å². The number of carbonyl (C=O) groups is 1. The van der Waals surface area contributed by atoms with Gasteiger partial charge in [-0.25, -0.2) is 16.8 Å². The van der Waals surface area contributed by atoms with E-state index in [0.29, 0.717) is 31.9 Å². The van der Waals surface area contributed by atoms with Crippen LogP contribution in [0.1, 0.15) is 17.3 Å². The Labute approximate surface area is 177 Å². The van der Waals surface area contributed by atoms with E-state index in [9.17, 15) is 21.6 Å². The van der Waals surface area contributed by atoms with Crippen molar-refractivity contribution in [3.63, 3.8) is 0 Å². The molecule has 1 fully saturated rings. The molecule has 0 aliphatic carbocycles. The molecule has 0 unspecified atom stereocenters. The number of benzene rings is 2. The van der Waals surface area contributed by atoms with Gasteiger partial charge in [-0.15, -0.1) is 0 Å². The number of carbonyl (C=O) groups excluding carboxylic acids is 1. The van der Waals surface area contributed by atoms with Crippen molar-refractivity contribution in [3.05, 3.63) is 54.1 Å². The Hall–Kier alpha value is -2.27. The van der Waals surface area contributed by atoms with Crippen LogP contribution in [0.15, 0.2) is 58.3 Å². The number of sulfonamides is 1. The van der Waals surface area contributed by atoms with Crippen molar-refractivity contribution in [3.8, 4) is 0 Å². The van der Waals surface area contributed by atoms with Crippen molar-refractivity contribution >= 4 is 31.5 Å². The molecule has 0 aromatic heterocycles. The molecule has 1 aliphatic rings. The molecule has 0 bridgehead atoms. The molecule has 0 saturated carbocycles. The predicted octanol–water partition coefficient (Wildman–Crippen LogP) is 1.67. The van der Waals surface area contributed by atoms with Crippen molar-refractivity contribution in [2.24, 2.45) is 0 Å². The van der Waals surface area contributed by atoms with Crippen molar-refractivity contribution < 1.29 is 21.6 Å². The van der Waals surface area contributed by atoms with Crippen LogP contribution in [0.2, 0.25) is 0 Å². The van der Waals surface area contributed by atoms with Gasteiger partial charge in [0.2, 0.25) is 10.0 Å². The molecule has 1 N–H and O–H groups in total. The molecule has 1 saturated heterocycles. The highest BCUT2D eigenvalue weighted by molar-refractivity contribution is 7.91. The zero-order chi connectivity index (χ0) is 21.9. The number of rotatable bonds is 6. The highest BCUT2D eigenvalue weighted by atomic mass is 32.2. The van der Waals surface area contributed by atoms with Crippen LogP contribution in [-0.4, -0.2) is 70.9 Å². The van der Waals surface area contributed by atoms with E-state index in [4.69, 9.17) is 0 Å². The monoisotopic (exact) mass is 451 g/mol. The van der Waals surface area contributed by atoms with E-state index < -0.39 is 25.8 Å². The molecule has 8 nitrogen and oxygen atoms in total. The van der Waals surface area contributed by atoms with Crippen LogP contribution in [0.25, 0.3) is 0 Å². The lowest BCUT2D eigenvalue weighted by atomic mass is 10.2. The Morgan fingerprint density at radius 1 is 0.933 bits per heavy atom.